The number of methoxy groups -OCH3 is 1. The van der Waals surface area contributed by atoms with E-state index in [4.69, 9.17) is 4.42 Å². The van der Waals surface area contributed by atoms with Gasteiger partial charge in [-0.15, -0.1) is 0 Å². The Hall–Kier alpha value is -2.30. The van der Waals surface area contributed by atoms with E-state index in [1.165, 1.54) is 25.3 Å². The van der Waals surface area contributed by atoms with Crippen LogP contribution in [0, 0.1) is 5.82 Å². The summed E-state index contributed by atoms with van der Waals surface area (Å²) in [4.78, 5) is 11.4. The Kier molecular flexibility index (Phi) is 4.40. The minimum atomic E-state index is -0.501. The lowest BCUT2D eigenvalue weighted by Crippen LogP contribution is -2.05. The number of hydrogen-bond donors (Lipinski definition) is 1. The minimum Gasteiger partial charge on any atom is -0.465 e. The van der Waals surface area contributed by atoms with Crippen molar-refractivity contribution in [2.45, 2.75) is 19.9 Å². The van der Waals surface area contributed by atoms with Crippen molar-refractivity contribution >= 4 is 11.7 Å². The van der Waals surface area contributed by atoms with E-state index < -0.39 is 11.8 Å². The molecule has 0 atom stereocenters. The van der Waals surface area contributed by atoms with Crippen molar-refractivity contribution in [3.8, 4) is 0 Å². The smallest absolute Gasteiger partial charge is 0.337 e. The van der Waals surface area contributed by atoms with Gasteiger partial charge < -0.3 is 14.5 Å². The van der Waals surface area contributed by atoms with Crippen LogP contribution < -0.4 is 5.32 Å². The highest BCUT2D eigenvalue weighted by molar-refractivity contribution is 5.90. The van der Waals surface area contributed by atoms with Gasteiger partial charge in [0, 0.05) is 6.42 Å². The summed E-state index contributed by atoms with van der Waals surface area (Å²) in [6, 6.07) is 7.76. The Labute approximate surface area is 116 Å². The zero-order valence-corrected chi connectivity index (χ0v) is 11.4. The second kappa shape index (κ2) is 6.23. The molecule has 0 saturated heterocycles. The normalized spacial score (nSPS) is 10.3. The molecule has 0 aliphatic heterocycles. The van der Waals surface area contributed by atoms with Crippen LogP contribution in [-0.4, -0.2) is 13.1 Å². The van der Waals surface area contributed by atoms with Gasteiger partial charge in [-0.25, -0.2) is 9.18 Å². The third-order valence-electron chi connectivity index (χ3n) is 2.91. The van der Waals surface area contributed by atoms with Crippen LogP contribution >= 0.6 is 0 Å². The number of halogens is 1. The van der Waals surface area contributed by atoms with Gasteiger partial charge in [-0.2, -0.15) is 0 Å². The molecule has 1 aromatic carbocycles. The Morgan fingerprint density at radius 2 is 2.05 bits per heavy atom. The average Bonchev–Trinajstić information content (AvgIpc) is 2.93. The number of nitrogens with one attached hydrogen (secondary N) is 1. The number of hydrogen-bond acceptors (Lipinski definition) is 4. The zero-order chi connectivity index (χ0) is 14.5. The Morgan fingerprint density at radius 1 is 1.30 bits per heavy atom. The van der Waals surface area contributed by atoms with Gasteiger partial charge in [-0.3, -0.25) is 0 Å². The van der Waals surface area contributed by atoms with E-state index in [0.717, 1.165) is 12.2 Å². The lowest BCUT2D eigenvalue weighted by molar-refractivity contribution is 0.0600. The molecule has 0 saturated carbocycles. The van der Waals surface area contributed by atoms with Crippen LogP contribution in [0.25, 0.3) is 0 Å². The molecule has 106 valence electrons. The summed E-state index contributed by atoms with van der Waals surface area (Å²) in [5.74, 6) is 0.662. The highest BCUT2D eigenvalue weighted by Gasteiger charge is 2.10. The van der Waals surface area contributed by atoms with E-state index >= 15 is 0 Å². The Bertz CT molecular complexity index is 607. The van der Waals surface area contributed by atoms with E-state index in [1.54, 1.807) is 0 Å². The fraction of sp³-hybridized carbons (Fsp3) is 0.267. The van der Waals surface area contributed by atoms with Gasteiger partial charge in [0.1, 0.15) is 17.3 Å². The maximum Gasteiger partial charge on any atom is 0.337 e. The van der Waals surface area contributed by atoms with Crippen LogP contribution in [0.4, 0.5) is 10.1 Å². The molecule has 5 heteroatoms. The summed E-state index contributed by atoms with van der Waals surface area (Å²) in [5.41, 5.74) is 0.535. The molecule has 2 aromatic rings. The second-order valence-corrected chi connectivity index (χ2v) is 4.26. The van der Waals surface area contributed by atoms with Crippen molar-refractivity contribution < 1.29 is 18.3 Å². The van der Waals surface area contributed by atoms with E-state index in [-0.39, 0.29) is 5.69 Å². The van der Waals surface area contributed by atoms with Crippen molar-refractivity contribution in [3.63, 3.8) is 0 Å². The maximum absolute atomic E-state index is 13.7. The first-order chi connectivity index (χ1) is 9.63. The summed E-state index contributed by atoms with van der Waals surface area (Å²) in [5, 5.41) is 2.91. The first kappa shape index (κ1) is 14.1. The quantitative estimate of drug-likeness (QED) is 0.851. The molecule has 0 aliphatic carbocycles. The van der Waals surface area contributed by atoms with Crippen LogP contribution in [0.3, 0.4) is 0 Å². The topological polar surface area (TPSA) is 51.5 Å². The van der Waals surface area contributed by atoms with E-state index in [1.807, 2.05) is 19.1 Å². The highest BCUT2D eigenvalue weighted by atomic mass is 19.1. The summed E-state index contributed by atoms with van der Waals surface area (Å²) in [6.45, 7) is 2.34. The number of carbonyl (C=O) groups is 1. The third-order valence-corrected chi connectivity index (χ3v) is 2.91. The van der Waals surface area contributed by atoms with Crippen molar-refractivity contribution in [2.75, 3.05) is 12.4 Å². The first-order valence-corrected chi connectivity index (χ1v) is 6.33. The predicted molar refractivity (Wildman–Crippen MR) is 73.2 cm³/mol. The molecule has 1 heterocycles. The van der Waals surface area contributed by atoms with Gasteiger partial charge in [0.2, 0.25) is 0 Å². The standard InChI is InChI=1S/C15H16FNO3/c1-3-11-5-6-12(20-11)9-17-14-8-10(15(18)19-2)4-7-13(14)16/h4-8,17H,3,9H2,1-2H3. The fourth-order valence-corrected chi connectivity index (χ4v) is 1.80. The molecule has 4 nitrogen and oxygen atoms in total. The summed E-state index contributed by atoms with van der Waals surface area (Å²) in [7, 11) is 1.29. The lowest BCUT2D eigenvalue weighted by Gasteiger charge is -2.07. The molecule has 20 heavy (non-hydrogen) atoms. The monoisotopic (exact) mass is 277 g/mol. The molecule has 0 unspecified atom stereocenters. The molecule has 0 radical (unpaired) electrons. The van der Waals surface area contributed by atoms with E-state index in [0.29, 0.717) is 17.9 Å². The number of anilines is 1. The lowest BCUT2D eigenvalue weighted by atomic mass is 10.2. The molecule has 1 aromatic heterocycles. The zero-order valence-electron chi connectivity index (χ0n) is 11.4. The van der Waals surface area contributed by atoms with Crippen LogP contribution in [-0.2, 0) is 17.7 Å². The molecule has 2 rings (SSSR count). The Balaban J connectivity index is 2.10. The fourth-order valence-electron chi connectivity index (χ4n) is 1.80. The van der Waals surface area contributed by atoms with E-state index in [9.17, 15) is 9.18 Å². The number of furan rings is 1. The van der Waals surface area contributed by atoms with Crippen LogP contribution in [0.15, 0.2) is 34.7 Å². The van der Waals surface area contributed by atoms with Gasteiger partial charge in [0.15, 0.2) is 0 Å². The Morgan fingerprint density at radius 3 is 2.70 bits per heavy atom. The SMILES string of the molecule is CCc1ccc(CNc2cc(C(=O)OC)ccc2F)o1. The number of ether oxygens (including phenoxy) is 1. The van der Waals surface area contributed by atoms with Crippen LogP contribution in [0.2, 0.25) is 0 Å². The van der Waals surface area contributed by atoms with Crippen LogP contribution in [0.1, 0.15) is 28.8 Å². The minimum absolute atomic E-state index is 0.238. The summed E-state index contributed by atoms with van der Waals surface area (Å²) < 4.78 is 23.8. The third kappa shape index (κ3) is 3.17. The number of carbonyl (C=O) groups excluding carboxylic acids is 1. The largest absolute Gasteiger partial charge is 0.465 e. The first-order valence-electron chi connectivity index (χ1n) is 6.33. The molecule has 1 N–H and O–H groups in total. The van der Waals surface area contributed by atoms with Crippen LogP contribution in [0.5, 0.6) is 0 Å². The number of aryl methyl sites for hydroxylation is 1. The van der Waals surface area contributed by atoms with Crippen molar-refractivity contribution in [2.24, 2.45) is 0 Å². The van der Waals surface area contributed by atoms with Crippen molar-refractivity contribution in [1.82, 2.24) is 0 Å². The molecule has 0 amide bonds. The van der Waals surface area contributed by atoms with Gasteiger partial charge in [0.25, 0.3) is 0 Å². The number of rotatable bonds is 5. The molecule has 0 fully saturated rings. The number of esters is 1. The van der Waals surface area contributed by atoms with Gasteiger partial charge >= 0.3 is 5.97 Å². The predicted octanol–water partition coefficient (Wildman–Crippen LogP) is 3.38. The highest BCUT2D eigenvalue weighted by Crippen LogP contribution is 2.18. The van der Waals surface area contributed by atoms with Gasteiger partial charge in [-0.05, 0) is 30.3 Å². The van der Waals surface area contributed by atoms with Crippen molar-refractivity contribution in [3.05, 3.63) is 53.2 Å². The van der Waals surface area contributed by atoms with E-state index in [2.05, 4.69) is 10.1 Å². The van der Waals surface area contributed by atoms with Gasteiger partial charge in [-0.1, -0.05) is 6.92 Å². The number of benzene rings is 1. The average molecular weight is 277 g/mol. The molecule has 0 spiro atoms. The van der Waals surface area contributed by atoms with Gasteiger partial charge in [0.05, 0.1) is 24.9 Å². The summed E-state index contributed by atoms with van der Waals surface area (Å²) in [6.07, 6.45) is 0.812. The second-order valence-electron chi connectivity index (χ2n) is 4.26. The molecular weight excluding hydrogens is 261 g/mol. The molecule has 0 aliphatic rings. The maximum atomic E-state index is 13.7. The summed E-state index contributed by atoms with van der Waals surface area (Å²) >= 11 is 0. The molecular formula is C15H16FNO3. The van der Waals surface area contributed by atoms with Crippen molar-refractivity contribution in [1.29, 1.82) is 0 Å². The molecule has 0 bridgehead atoms.